The Morgan fingerprint density at radius 2 is 2.29 bits per heavy atom. The number of nitrogens with one attached hydrogen (secondary N) is 1. The summed E-state index contributed by atoms with van der Waals surface area (Å²) in [4.78, 5) is 0. The monoisotopic (exact) mass is 275 g/mol. The molecule has 5 heteroatoms. The predicted molar refractivity (Wildman–Crippen MR) is 69.0 cm³/mol. The highest BCUT2D eigenvalue weighted by Gasteiger charge is 2.25. The number of ether oxygens (including phenoxy) is 1. The average Bonchev–Trinajstić information content (AvgIpc) is 2.30. The second-order valence-electron chi connectivity index (χ2n) is 4.25. The summed E-state index contributed by atoms with van der Waals surface area (Å²) in [5.74, 6) is 0.699. The van der Waals surface area contributed by atoms with Gasteiger partial charge in [-0.15, -0.1) is 0 Å². The molecule has 0 spiro atoms. The summed E-state index contributed by atoms with van der Waals surface area (Å²) >= 11 is 12.1. The van der Waals surface area contributed by atoms with E-state index < -0.39 is 0 Å². The third kappa shape index (κ3) is 2.86. The molecule has 0 amide bonds. The second-order valence-corrected chi connectivity index (χ2v) is 5.09. The second kappa shape index (κ2) is 5.44. The minimum atomic E-state index is 0.0312. The Hall–Kier alpha value is -0.480. The van der Waals surface area contributed by atoms with Crippen molar-refractivity contribution in [2.24, 2.45) is 0 Å². The Morgan fingerprint density at radius 3 is 3.00 bits per heavy atom. The van der Waals surface area contributed by atoms with Gasteiger partial charge in [0, 0.05) is 29.1 Å². The van der Waals surface area contributed by atoms with Gasteiger partial charge in [-0.1, -0.05) is 23.2 Å². The maximum atomic E-state index is 9.08. The number of halogens is 2. The van der Waals surface area contributed by atoms with Gasteiger partial charge in [0.2, 0.25) is 0 Å². The minimum Gasteiger partial charge on any atom is -0.492 e. The largest absolute Gasteiger partial charge is 0.492 e. The van der Waals surface area contributed by atoms with Crippen molar-refractivity contribution in [3.63, 3.8) is 0 Å². The molecule has 1 aromatic carbocycles. The Bertz CT molecular complexity index is 412. The molecule has 2 N–H and O–H groups in total. The van der Waals surface area contributed by atoms with Crippen molar-refractivity contribution >= 4 is 23.2 Å². The van der Waals surface area contributed by atoms with Gasteiger partial charge in [-0.25, -0.2) is 0 Å². The lowest BCUT2D eigenvalue weighted by Gasteiger charge is -2.29. The van der Waals surface area contributed by atoms with Gasteiger partial charge in [-0.05, 0) is 19.1 Å². The van der Waals surface area contributed by atoms with Crippen molar-refractivity contribution in [2.75, 3.05) is 13.2 Å². The molecule has 94 valence electrons. The van der Waals surface area contributed by atoms with Crippen LogP contribution in [-0.4, -0.2) is 24.4 Å². The molecule has 0 aromatic heterocycles. The van der Waals surface area contributed by atoms with E-state index in [2.05, 4.69) is 5.32 Å². The number of hydrogen-bond acceptors (Lipinski definition) is 3. The van der Waals surface area contributed by atoms with Crippen LogP contribution in [0.3, 0.4) is 0 Å². The van der Waals surface area contributed by atoms with E-state index >= 15 is 0 Å². The summed E-state index contributed by atoms with van der Waals surface area (Å²) in [5, 5.41) is 13.5. The fourth-order valence-electron chi connectivity index (χ4n) is 1.99. The number of aliphatic hydroxyl groups excluding tert-OH is 1. The first-order valence-electron chi connectivity index (χ1n) is 5.60. The van der Waals surface area contributed by atoms with Crippen LogP contribution < -0.4 is 10.1 Å². The highest BCUT2D eigenvalue weighted by Crippen LogP contribution is 2.39. The molecule has 0 saturated heterocycles. The van der Waals surface area contributed by atoms with Gasteiger partial charge in [-0.2, -0.15) is 0 Å². The van der Waals surface area contributed by atoms with Gasteiger partial charge in [0.15, 0.2) is 0 Å². The molecule has 1 aliphatic rings. The molecule has 3 nitrogen and oxygen atoms in total. The van der Waals surface area contributed by atoms with E-state index in [4.69, 9.17) is 33.0 Å². The van der Waals surface area contributed by atoms with Crippen LogP contribution in [-0.2, 0) is 0 Å². The maximum absolute atomic E-state index is 9.08. The highest BCUT2D eigenvalue weighted by molar-refractivity contribution is 6.35. The summed E-state index contributed by atoms with van der Waals surface area (Å²) in [6, 6.07) is 3.70. The van der Waals surface area contributed by atoms with E-state index in [0.717, 1.165) is 12.0 Å². The number of hydrogen-bond donors (Lipinski definition) is 2. The van der Waals surface area contributed by atoms with Gasteiger partial charge in [-0.3, -0.25) is 0 Å². The normalized spacial score (nSPS) is 20.6. The number of fused-ring (bicyclic) bond motifs is 1. The summed E-state index contributed by atoms with van der Waals surface area (Å²) in [6.45, 7) is 2.65. The van der Waals surface area contributed by atoms with Crippen LogP contribution in [0.25, 0.3) is 0 Å². The molecule has 1 aromatic rings. The lowest BCUT2D eigenvalue weighted by Crippen LogP contribution is -2.35. The molecule has 1 unspecified atom stereocenters. The molecule has 17 heavy (non-hydrogen) atoms. The molecule has 1 aliphatic heterocycles. The first-order valence-corrected chi connectivity index (χ1v) is 6.36. The molecule has 2 rings (SSSR count). The molecule has 0 aliphatic carbocycles. The van der Waals surface area contributed by atoms with E-state index in [-0.39, 0.29) is 18.7 Å². The third-order valence-electron chi connectivity index (χ3n) is 2.83. The smallest absolute Gasteiger partial charge is 0.142 e. The van der Waals surface area contributed by atoms with Crippen LogP contribution in [0.5, 0.6) is 5.75 Å². The first-order chi connectivity index (χ1) is 8.11. The fourth-order valence-corrected chi connectivity index (χ4v) is 2.56. The van der Waals surface area contributed by atoms with E-state index in [0.29, 0.717) is 22.4 Å². The van der Waals surface area contributed by atoms with Crippen molar-refractivity contribution < 1.29 is 9.84 Å². The van der Waals surface area contributed by atoms with Gasteiger partial charge in [0.05, 0.1) is 18.2 Å². The van der Waals surface area contributed by atoms with E-state index in [1.165, 1.54) is 0 Å². The lowest BCUT2D eigenvalue weighted by molar-refractivity contribution is 0.210. The van der Waals surface area contributed by atoms with Gasteiger partial charge < -0.3 is 15.2 Å². The summed E-state index contributed by atoms with van der Waals surface area (Å²) in [6.07, 6.45) is 0.841. The zero-order valence-electron chi connectivity index (χ0n) is 9.54. The molecule has 1 heterocycles. The molecular weight excluding hydrogens is 261 g/mol. The zero-order chi connectivity index (χ0) is 12.4. The Kier molecular flexibility index (Phi) is 4.15. The number of rotatable bonds is 3. The van der Waals surface area contributed by atoms with Gasteiger partial charge in [0.1, 0.15) is 5.75 Å². The number of benzene rings is 1. The summed E-state index contributed by atoms with van der Waals surface area (Å²) in [5.41, 5.74) is 0.967. The van der Waals surface area contributed by atoms with E-state index in [1.54, 1.807) is 6.07 Å². The van der Waals surface area contributed by atoms with E-state index in [1.807, 2.05) is 13.0 Å². The lowest BCUT2D eigenvalue weighted by atomic mass is 10.00. The van der Waals surface area contributed by atoms with Gasteiger partial charge >= 0.3 is 0 Å². The van der Waals surface area contributed by atoms with Crippen molar-refractivity contribution in [3.05, 3.63) is 27.7 Å². The zero-order valence-corrected chi connectivity index (χ0v) is 11.1. The average molecular weight is 276 g/mol. The van der Waals surface area contributed by atoms with Crippen LogP contribution >= 0.6 is 23.2 Å². The Balaban J connectivity index is 2.30. The summed E-state index contributed by atoms with van der Waals surface area (Å²) < 4.78 is 5.56. The van der Waals surface area contributed by atoms with Crippen LogP contribution in [0.4, 0.5) is 0 Å². The molecule has 2 atom stereocenters. The molecule has 0 radical (unpaired) electrons. The van der Waals surface area contributed by atoms with Crippen LogP contribution in [0.1, 0.15) is 24.9 Å². The topological polar surface area (TPSA) is 41.5 Å². The SMILES string of the molecule is C[C@H](CO)NC1CCOc2c(Cl)cc(Cl)cc21. The highest BCUT2D eigenvalue weighted by atomic mass is 35.5. The minimum absolute atomic E-state index is 0.0312. The fraction of sp³-hybridized carbons (Fsp3) is 0.500. The molecule has 0 bridgehead atoms. The predicted octanol–water partition coefficient (Wildman–Crippen LogP) is 2.79. The molecule has 0 fully saturated rings. The van der Waals surface area contributed by atoms with Crippen LogP contribution in [0.15, 0.2) is 12.1 Å². The van der Waals surface area contributed by atoms with Crippen LogP contribution in [0.2, 0.25) is 10.0 Å². The van der Waals surface area contributed by atoms with E-state index in [9.17, 15) is 0 Å². The Labute approximate surface area is 111 Å². The molecular formula is C12H15Cl2NO2. The Morgan fingerprint density at radius 1 is 1.53 bits per heavy atom. The standard InChI is InChI=1S/C12H15Cl2NO2/c1-7(6-16)15-11-2-3-17-12-9(11)4-8(13)5-10(12)14/h4-5,7,11,15-16H,2-3,6H2,1H3/t7-,11?/m1/s1. The summed E-state index contributed by atoms with van der Waals surface area (Å²) in [7, 11) is 0. The van der Waals surface area contributed by atoms with Gasteiger partial charge in [0.25, 0.3) is 0 Å². The van der Waals surface area contributed by atoms with Crippen molar-refractivity contribution in [1.82, 2.24) is 5.32 Å². The first kappa shape index (κ1) is 13.0. The maximum Gasteiger partial charge on any atom is 0.142 e. The van der Waals surface area contributed by atoms with Crippen molar-refractivity contribution in [1.29, 1.82) is 0 Å². The molecule has 0 saturated carbocycles. The van der Waals surface area contributed by atoms with Crippen molar-refractivity contribution in [2.45, 2.75) is 25.4 Å². The third-order valence-corrected chi connectivity index (χ3v) is 3.32. The van der Waals surface area contributed by atoms with Crippen molar-refractivity contribution in [3.8, 4) is 5.75 Å². The number of aliphatic hydroxyl groups is 1. The quantitative estimate of drug-likeness (QED) is 0.892. The van der Waals surface area contributed by atoms with Crippen LogP contribution in [0, 0.1) is 0 Å².